The predicted octanol–water partition coefficient (Wildman–Crippen LogP) is 9.56. The van der Waals surface area contributed by atoms with Gasteiger partial charge in [0.05, 0.1) is 31.8 Å². The van der Waals surface area contributed by atoms with Gasteiger partial charge in [0.2, 0.25) is 0 Å². The van der Waals surface area contributed by atoms with Crippen molar-refractivity contribution in [3.05, 3.63) is 171 Å². The lowest BCUT2D eigenvalue weighted by Gasteiger charge is -2.41. The number of anilines is 1. The van der Waals surface area contributed by atoms with Gasteiger partial charge < -0.3 is 71.8 Å². The summed E-state index contributed by atoms with van der Waals surface area (Å²) in [5.41, 5.74) is 8.68. The Kier molecular flexibility index (Phi) is 21.4. The van der Waals surface area contributed by atoms with Crippen LogP contribution in [0.5, 0.6) is 23.0 Å². The number of aromatic hydroxyl groups is 3. The second kappa shape index (κ2) is 30.2. The molecule has 2 aliphatic heterocycles. The number of phenolic OH excluding ortho intramolecular Hbond substituents is 2. The van der Waals surface area contributed by atoms with E-state index in [0.29, 0.717) is 105 Å². The molecule has 3 heterocycles. The van der Waals surface area contributed by atoms with Crippen LogP contribution in [0.4, 0.5) is 5.69 Å². The first kappa shape index (κ1) is 68.1. The number of aromatic amines is 1. The first-order chi connectivity index (χ1) is 46.5. The molecule has 1 aromatic heterocycles. The Hall–Kier alpha value is -7.90. The van der Waals surface area contributed by atoms with Crippen molar-refractivity contribution in [3.63, 3.8) is 0 Å². The van der Waals surface area contributed by atoms with E-state index in [1.165, 1.54) is 7.11 Å². The zero-order valence-corrected chi connectivity index (χ0v) is 55.7. The monoisotopic (exact) mass is 1300 g/mol. The number of aliphatic hydroxyl groups excluding tert-OH is 5. The molecule has 96 heavy (non-hydrogen) atoms. The number of ether oxygens (including phenoxy) is 1. The predicted molar refractivity (Wildman–Crippen MR) is 372 cm³/mol. The van der Waals surface area contributed by atoms with Crippen molar-refractivity contribution in [3.8, 4) is 46.7 Å². The number of aliphatic hydroxyl groups is 5. The Morgan fingerprint density at radius 1 is 0.760 bits per heavy atom. The summed E-state index contributed by atoms with van der Waals surface area (Å²) in [5.74, 6) is 10.3. The zero-order valence-electron chi connectivity index (χ0n) is 55.7. The van der Waals surface area contributed by atoms with Gasteiger partial charge in [-0.3, -0.25) is 9.59 Å². The minimum atomic E-state index is -1.95. The molecule has 0 amide bonds. The Labute approximate surface area is 564 Å². The molecule has 16 nitrogen and oxygen atoms in total. The average Bonchev–Trinajstić information content (AvgIpc) is 1.38. The van der Waals surface area contributed by atoms with E-state index in [0.717, 1.165) is 51.0 Å². The van der Waals surface area contributed by atoms with E-state index >= 15 is 4.79 Å². The van der Waals surface area contributed by atoms with Gasteiger partial charge in [0, 0.05) is 110 Å². The quantitative estimate of drug-likeness (QED) is 0.0475. The van der Waals surface area contributed by atoms with Crippen LogP contribution < -0.4 is 26.0 Å². The summed E-state index contributed by atoms with van der Waals surface area (Å²) in [6.07, 6.45) is 7.29. The van der Waals surface area contributed by atoms with Crippen LogP contribution in [0.25, 0.3) is 10.8 Å². The van der Waals surface area contributed by atoms with Crippen LogP contribution >= 0.6 is 0 Å². The molecule has 2 fully saturated rings. The smallest absolute Gasteiger partial charge is 0.173 e. The lowest BCUT2D eigenvalue weighted by Crippen LogP contribution is -2.40. The molecule has 16 heteroatoms. The van der Waals surface area contributed by atoms with Gasteiger partial charge in [-0.05, 0) is 192 Å². The number of H-pyrrole nitrogens is 1. The highest BCUT2D eigenvalue weighted by Gasteiger charge is 2.47. The van der Waals surface area contributed by atoms with Gasteiger partial charge in [-0.2, -0.15) is 0 Å². The topological polar surface area (TPSA) is 269 Å². The summed E-state index contributed by atoms with van der Waals surface area (Å²) in [4.78, 5) is 34.0. The van der Waals surface area contributed by atoms with Gasteiger partial charge in [0.15, 0.2) is 29.2 Å². The van der Waals surface area contributed by atoms with Gasteiger partial charge in [0.25, 0.3) is 0 Å². The number of dihydropyridines is 1. The summed E-state index contributed by atoms with van der Waals surface area (Å²) >= 11 is 0. The van der Waals surface area contributed by atoms with E-state index in [1.54, 1.807) is 24.3 Å². The van der Waals surface area contributed by atoms with E-state index in [-0.39, 0.29) is 115 Å². The number of carbonyl (C=O) groups excluding carboxylic acids is 2. The van der Waals surface area contributed by atoms with Crippen LogP contribution in [0.2, 0.25) is 0 Å². The number of Topliss-reactive ketones (excluding diaryl/α,β-unsaturated/α-hetero) is 2. The average molecular weight is 1300 g/mol. The molecule has 16 unspecified atom stereocenters. The van der Waals surface area contributed by atoms with E-state index < -0.39 is 53.6 Å². The third-order valence-corrected chi connectivity index (χ3v) is 22.3. The number of β-amino-alcohol motifs (C(OH)–C–C–N with tert-alkyl or cyclic N) is 1. The molecule has 0 radical (unpaired) electrons. The number of carbonyl (C=O) groups is 2. The van der Waals surface area contributed by atoms with Crippen molar-refractivity contribution in [2.24, 2.45) is 59.2 Å². The molecule has 0 saturated heterocycles. The number of ketones is 2. The van der Waals surface area contributed by atoms with Crippen molar-refractivity contribution in [1.82, 2.24) is 20.9 Å². The van der Waals surface area contributed by atoms with Crippen molar-refractivity contribution in [2.45, 2.75) is 134 Å². The molecule has 6 aliphatic rings. The maximum absolute atomic E-state index is 15.8. The Bertz CT molecular complexity index is 4000. The molecule has 5 aromatic carbocycles. The number of fused-ring (bicyclic) bond motifs is 15. The molecule has 6 aromatic rings. The van der Waals surface area contributed by atoms with Crippen molar-refractivity contribution >= 4 is 28.0 Å². The number of aryl methyl sites for hydroxylation is 1. The highest BCUT2D eigenvalue weighted by Crippen LogP contribution is 2.52. The fourth-order valence-electron chi connectivity index (χ4n) is 17.4. The van der Waals surface area contributed by atoms with Crippen LogP contribution in [0, 0.1) is 82.9 Å². The van der Waals surface area contributed by atoms with E-state index in [1.807, 2.05) is 61.8 Å². The number of nitrogens with one attached hydrogen (secondary N) is 5. The first-order valence-electron chi connectivity index (χ1n) is 34.9. The number of hydrogen-bond donors (Lipinski definition) is 13. The minimum Gasteiger partial charge on any atom is -0.508 e. The fourth-order valence-corrected chi connectivity index (χ4v) is 17.4. The Morgan fingerprint density at radius 2 is 1.57 bits per heavy atom. The first-order valence-corrected chi connectivity index (χ1v) is 34.9. The van der Waals surface area contributed by atoms with Gasteiger partial charge in [-0.25, -0.2) is 0 Å². The maximum atomic E-state index is 15.8. The molecule has 16 atom stereocenters. The summed E-state index contributed by atoms with van der Waals surface area (Å²) in [6, 6.07) is 28.8. The minimum absolute atomic E-state index is 0.00373. The van der Waals surface area contributed by atoms with Crippen LogP contribution in [0.15, 0.2) is 121 Å². The Balaban J connectivity index is 1.10. The zero-order chi connectivity index (χ0) is 67.3. The summed E-state index contributed by atoms with van der Waals surface area (Å²) in [7, 11) is 3.40. The van der Waals surface area contributed by atoms with Crippen molar-refractivity contribution in [2.75, 3.05) is 52.3 Å². The van der Waals surface area contributed by atoms with Crippen molar-refractivity contribution in [1.29, 1.82) is 0 Å². The van der Waals surface area contributed by atoms with E-state index in [2.05, 4.69) is 94.1 Å². The molecule has 4 aliphatic carbocycles. The number of allylic oxidation sites excluding steroid dienone is 2. The van der Waals surface area contributed by atoms with E-state index in [4.69, 9.17) is 4.74 Å². The third kappa shape index (κ3) is 14.5. The number of methoxy groups -OCH3 is 1. The number of hydrogen-bond acceptors (Lipinski definition) is 15. The molecule has 12 rings (SSSR count). The molecule has 13 bridgehead atoms. The molecular weight excluding hydrogens is 1210 g/mol. The second-order valence-corrected chi connectivity index (χ2v) is 28.3. The summed E-state index contributed by atoms with van der Waals surface area (Å²) in [5, 5.41) is 110. The lowest BCUT2D eigenvalue weighted by molar-refractivity contribution is -0.142. The third-order valence-electron chi connectivity index (χ3n) is 22.3. The lowest BCUT2D eigenvalue weighted by atomic mass is 9.63. The van der Waals surface area contributed by atoms with Crippen LogP contribution in [-0.4, -0.2) is 123 Å². The van der Waals surface area contributed by atoms with E-state index in [9.17, 15) is 45.6 Å². The maximum Gasteiger partial charge on any atom is 0.173 e. The van der Waals surface area contributed by atoms with Gasteiger partial charge in [0.1, 0.15) is 17.3 Å². The number of benzene rings is 5. The van der Waals surface area contributed by atoms with Crippen LogP contribution in [0.1, 0.15) is 133 Å². The molecule has 0 spiro atoms. The SMILES string of the molecule is CCCC1C(O)Cc2cc(c[nH]2)C(C)CNCC(O)Cc2ccc3ccc(cc3c2O)NC2=CC(=CCN2)C2C(CNC)C#CC3CC(CC(CO)C3Cc3cccc(O)c3CO)c3ccccc3C3C#CC4CC2CC1CC4C(=O)C(O)C(=O)CCc1cc(OC)c(O)cc13. The van der Waals surface area contributed by atoms with Crippen LogP contribution in [-0.2, 0) is 41.9 Å². The molecule has 506 valence electrons. The standard InChI is InChI=1S/C80H95N5O11/c1-5-9-63-55-28-56-27-49-19-22-65(67-38-74(92)75(96-4)34-50(67)20-23-72(90)80(95)79(94)68(49)33-55)64-12-7-6-11-62(64)54-26-48(66(58(29-54)43-86)32-47-10-8-13-71(89)70(47)44-87)15-17-53(40-81-3)77(56)51-24-25-83-76(35-51)85-59-21-18-46-14-16-52(78(93)69(46)36-59)31-61(88)42-82-39-45(2)57-30-60(84-41-57)37-73(63)91/h6-8,10-14,16,18,21,24,30,34-36,38,41,45,48-49,53-56,58,61,63,65-66,68,73,77,80-89,91-93,95H,5,9,20,23,25-29,31-33,37,39-40,42-44H2,1-4H3. The van der Waals surface area contributed by atoms with Gasteiger partial charge in [-0.15, -0.1) is 0 Å². The normalized spacial score (nSPS) is 29.5. The highest BCUT2D eigenvalue weighted by molar-refractivity contribution is 6.06. The highest BCUT2D eigenvalue weighted by atomic mass is 16.5. The molecular formula is C80H95N5O11. The number of rotatable bonds is 9. The summed E-state index contributed by atoms with van der Waals surface area (Å²) in [6.45, 7) is 5.46. The molecule has 2 saturated carbocycles. The van der Waals surface area contributed by atoms with Gasteiger partial charge in [-0.1, -0.05) is 105 Å². The molecule has 13 N–H and O–H groups in total. The fraction of sp³-hybridized carbons (Fsp3) is 0.475. The Morgan fingerprint density at radius 3 is 2.36 bits per heavy atom. The number of phenols is 3. The second-order valence-electron chi connectivity index (χ2n) is 28.3. The van der Waals surface area contributed by atoms with Crippen LogP contribution in [0.3, 0.4) is 0 Å². The summed E-state index contributed by atoms with van der Waals surface area (Å²) < 4.78 is 5.72. The van der Waals surface area contributed by atoms with Crippen molar-refractivity contribution < 1.29 is 55.2 Å². The largest absolute Gasteiger partial charge is 0.508 e. The van der Waals surface area contributed by atoms with Gasteiger partial charge >= 0.3 is 0 Å². The number of aromatic nitrogens is 1.